The van der Waals surface area contributed by atoms with Crippen LogP contribution in [0.1, 0.15) is 49.3 Å². The Morgan fingerprint density at radius 1 is 1.25 bits per heavy atom. The molecule has 0 fully saturated rings. The fourth-order valence-electron chi connectivity index (χ4n) is 4.47. The molecule has 0 saturated carbocycles. The van der Waals surface area contributed by atoms with Crippen LogP contribution in [0.2, 0.25) is 0 Å². The topological polar surface area (TPSA) is 56.7 Å². The second-order valence-electron chi connectivity index (χ2n) is 8.29. The van der Waals surface area contributed by atoms with Crippen LogP contribution in [0.5, 0.6) is 0 Å². The van der Waals surface area contributed by atoms with Crippen molar-refractivity contribution in [1.82, 2.24) is 15.5 Å². The number of benzene rings is 1. The standard InChI is InChI=1S/C22H31FN4O/c1-15-12-16(2)19(18(23)13-15)22(3)7-9-24-14-26-20-17(6-5-11-27(20)4)21(28)25-10-8-22/h12-14H,5-11H2,1-4H3,(H,24,26)(H,25,28). The first-order valence-electron chi connectivity index (χ1n) is 10.1. The maximum atomic E-state index is 14.9. The first-order chi connectivity index (χ1) is 13.3. The van der Waals surface area contributed by atoms with Crippen LogP contribution in [0.15, 0.2) is 28.5 Å². The molecular weight excluding hydrogens is 355 g/mol. The van der Waals surface area contributed by atoms with Crippen molar-refractivity contribution in [3.05, 3.63) is 46.0 Å². The van der Waals surface area contributed by atoms with E-state index in [0.717, 1.165) is 47.5 Å². The van der Waals surface area contributed by atoms with E-state index >= 15 is 0 Å². The Labute approximate surface area is 167 Å². The normalized spacial score (nSPS) is 24.0. The van der Waals surface area contributed by atoms with Gasteiger partial charge in [0.2, 0.25) is 0 Å². The van der Waals surface area contributed by atoms with Gasteiger partial charge in [-0.3, -0.25) is 9.79 Å². The van der Waals surface area contributed by atoms with Gasteiger partial charge in [-0.1, -0.05) is 13.0 Å². The molecule has 28 heavy (non-hydrogen) atoms. The van der Waals surface area contributed by atoms with Gasteiger partial charge in [0.15, 0.2) is 0 Å². The molecule has 1 aromatic carbocycles. The molecule has 6 heteroatoms. The Morgan fingerprint density at radius 2 is 2.04 bits per heavy atom. The quantitative estimate of drug-likeness (QED) is 0.780. The summed E-state index contributed by atoms with van der Waals surface area (Å²) in [6.07, 6.45) is 4.75. The van der Waals surface area contributed by atoms with Gasteiger partial charge in [0.05, 0.1) is 11.9 Å². The fourth-order valence-corrected chi connectivity index (χ4v) is 4.47. The van der Waals surface area contributed by atoms with Gasteiger partial charge in [0, 0.05) is 26.7 Å². The van der Waals surface area contributed by atoms with E-state index in [1.165, 1.54) is 0 Å². The molecule has 5 nitrogen and oxygen atoms in total. The highest BCUT2D eigenvalue weighted by Crippen LogP contribution is 2.36. The summed E-state index contributed by atoms with van der Waals surface area (Å²) < 4.78 is 14.9. The van der Waals surface area contributed by atoms with Crippen LogP contribution >= 0.6 is 0 Å². The lowest BCUT2D eigenvalue weighted by molar-refractivity contribution is -0.118. The van der Waals surface area contributed by atoms with Crippen LogP contribution in [0.4, 0.5) is 4.39 Å². The van der Waals surface area contributed by atoms with Crippen molar-refractivity contribution in [1.29, 1.82) is 0 Å². The maximum absolute atomic E-state index is 14.9. The van der Waals surface area contributed by atoms with Gasteiger partial charge >= 0.3 is 0 Å². The maximum Gasteiger partial charge on any atom is 0.250 e. The molecule has 0 bridgehead atoms. The summed E-state index contributed by atoms with van der Waals surface area (Å²) in [5.74, 6) is 0.613. The van der Waals surface area contributed by atoms with Gasteiger partial charge in [-0.25, -0.2) is 4.39 Å². The van der Waals surface area contributed by atoms with Gasteiger partial charge in [0.1, 0.15) is 11.6 Å². The monoisotopic (exact) mass is 386 g/mol. The molecule has 2 aliphatic rings. The summed E-state index contributed by atoms with van der Waals surface area (Å²) in [5.41, 5.74) is 2.99. The van der Waals surface area contributed by atoms with E-state index in [9.17, 15) is 9.18 Å². The van der Waals surface area contributed by atoms with Gasteiger partial charge < -0.3 is 15.5 Å². The lowest BCUT2D eigenvalue weighted by Gasteiger charge is -2.33. The number of aliphatic imine (C=N–C) groups is 1. The molecule has 1 aromatic rings. The first-order valence-corrected chi connectivity index (χ1v) is 10.1. The Balaban J connectivity index is 1.89. The number of carbonyl (C=O) groups is 1. The predicted octanol–water partition coefficient (Wildman–Crippen LogP) is 3.17. The minimum Gasteiger partial charge on any atom is -0.361 e. The van der Waals surface area contributed by atoms with Crippen molar-refractivity contribution < 1.29 is 9.18 Å². The number of hydrogen-bond donors (Lipinski definition) is 2. The second-order valence-corrected chi connectivity index (χ2v) is 8.29. The Morgan fingerprint density at radius 3 is 2.79 bits per heavy atom. The highest BCUT2D eigenvalue weighted by Gasteiger charge is 2.31. The molecule has 1 amide bonds. The zero-order valence-corrected chi connectivity index (χ0v) is 17.4. The van der Waals surface area contributed by atoms with Gasteiger partial charge in [-0.2, -0.15) is 0 Å². The molecular formula is C22H31FN4O. The van der Waals surface area contributed by atoms with E-state index in [1.807, 2.05) is 27.0 Å². The van der Waals surface area contributed by atoms with E-state index < -0.39 is 5.41 Å². The Hall–Kier alpha value is -2.37. The van der Waals surface area contributed by atoms with Crippen molar-refractivity contribution >= 4 is 12.2 Å². The minimum absolute atomic E-state index is 0.0496. The fraction of sp³-hybridized carbons (Fsp3) is 0.545. The molecule has 3 rings (SSSR count). The zero-order chi connectivity index (χ0) is 20.3. The summed E-state index contributed by atoms with van der Waals surface area (Å²) >= 11 is 0. The SMILES string of the molecule is Cc1cc(C)c(C2(C)CCN=CNC3=C(CCCN3C)C(=O)NCC2)c(F)c1. The highest BCUT2D eigenvalue weighted by atomic mass is 19.1. The number of nitrogens with zero attached hydrogens (tertiary/aromatic N) is 2. The van der Waals surface area contributed by atoms with Crippen LogP contribution < -0.4 is 10.6 Å². The molecule has 152 valence electrons. The van der Waals surface area contributed by atoms with E-state index in [-0.39, 0.29) is 11.7 Å². The van der Waals surface area contributed by atoms with Crippen molar-refractivity contribution in [3.8, 4) is 0 Å². The molecule has 0 spiro atoms. The van der Waals surface area contributed by atoms with E-state index in [0.29, 0.717) is 25.9 Å². The third-order valence-electron chi connectivity index (χ3n) is 5.94. The van der Waals surface area contributed by atoms with Gasteiger partial charge in [-0.05, 0) is 67.7 Å². The average Bonchev–Trinajstić information content (AvgIpc) is 2.60. The third-order valence-corrected chi connectivity index (χ3v) is 5.94. The van der Waals surface area contributed by atoms with Crippen molar-refractivity contribution in [2.75, 3.05) is 26.7 Å². The number of rotatable bonds is 1. The van der Waals surface area contributed by atoms with E-state index in [1.54, 1.807) is 12.4 Å². The number of halogens is 1. The first kappa shape index (κ1) is 20.4. The van der Waals surface area contributed by atoms with Gasteiger partial charge in [0.25, 0.3) is 5.91 Å². The van der Waals surface area contributed by atoms with Crippen molar-refractivity contribution in [2.24, 2.45) is 4.99 Å². The number of hydrogen-bond acceptors (Lipinski definition) is 4. The van der Waals surface area contributed by atoms with Crippen molar-refractivity contribution in [2.45, 2.75) is 51.9 Å². The van der Waals surface area contributed by atoms with Crippen LogP contribution in [-0.2, 0) is 10.2 Å². The van der Waals surface area contributed by atoms with E-state index in [2.05, 4.69) is 27.4 Å². The largest absolute Gasteiger partial charge is 0.361 e. The number of nitrogens with one attached hydrogen (secondary N) is 2. The molecule has 0 aliphatic carbocycles. The van der Waals surface area contributed by atoms with Gasteiger partial charge in [-0.15, -0.1) is 0 Å². The molecule has 1 atom stereocenters. The molecule has 0 aromatic heterocycles. The molecule has 2 N–H and O–H groups in total. The highest BCUT2D eigenvalue weighted by molar-refractivity contribution is 5.94. The zero-order valence-electron chi connectivity index (χ0n) is 17.4. The second kappa shape index (κ2) is 8.33. The average molecular weight is 387 g/mol. The number of amides is 1. The summed E-state index contributed by atoms with van der Waals surface area (Å²) in [5, 5.41) is 6.26. The molecule has 1 unspecified atom stereocenters. The van der Waals surface area contributed by atoms with Crippen LogP contribution in [-0.4, -0.2) is 43.8 Å². The predicted molar refractivity (Wildman–Crippen MR) is 111 cm³/mol. The van der Waals surface area contributed by atoms with Crippen LogP contribution in [0.25, 0.3) is 0 Å². The lowest BCUT2D eigenvalue weighted by Crippen LogP contribution is -2.40. The molecule has 2 aliphatic heterocycles. The van der Waals surface area contributed by atoms with Crippen LogP contribution in [0.3, 0.4) is 0 Å². The summed E-state index contributed by atoms with van der Waals surface area (Å²) in [6, 6.07) is 3.63. The smallest absolute Gasteiger partial charge is 0.250 e. The van der Waals surface area contributed by atoms with E-state index in [4.69, 9.17) is 0 Å². The molecule has 0 saturated heterocycles. The lowest BCUT2D eigenvalue weighted by atomic mass is 9.74. The number of aryl methyl sites for hydroxylation is 2. The summed E-state index contributed by atoms with van der Waals surface area (Å²) in [4.78, 5) is 19.3. The third kappa shape index (κ3) is 4.21. The Kier molecular flexibility index (Phi) is 6.06. The Bertz CT molecular complexity index is 794. The number of carbonyl (C=O) groups excluding carboxylic acids is 1. The molecule has 0 radical (unpaired) electrons. The van der Waals surface area contributed by atoms with Crippen molar-refractivity contribution in [3.63, 3.8) is 0 Å². The summed E-state index contributed by atoms with van der Waals surface area (Å²) in [7, 11) is 1.98. The summed E-state index contributed by atoms with van der Waals surface area (Å²) in [6.45, 7) is 7.96. The van der Waals surface area contributed by atoms with Crippen LogP contribution in [0, 0.1) is 19.7 Å². The minimum atomic E-state index is -0.397. The molecule has 2 heterocycles.